The van der Waals surface area contributed by atoms with Crippen molar-refractivity contribution in [2.45, 2.75) is 65.3 Å². The molecule has 6 heteroatoms. The van der Waals surface area contributed by atoms with Gasteiger partial charge in [-0.2, -0.15) is 0 Å². The summed E-state index contributed by atoms with van der Waals surface area (Å²) < 4.78 is 1.86. The Morgan fingerprint density at radius 1 is 1.39 bits per heavy atom. The van der Waals surface area contributed by atoms with Crippen LogP contribution < -0.4 is 11.1 Å². The first-order valence-electron chi connectivity index (χ1n) is 8.25. The van der Waals surface area contributed by atoms with Crippen LogP contribution in [0.3, 0.4) is 0 Å². The van der Waals surface area contributed by atoms with Gasteiger partial charge in [0.25, 0.3) is 5.91 Å². The predicted octanol–water partition coefficient (Wildman–Crippen LogP) is 3.27. The highest BCUT2D eigenvalue weighted by Crippen LogP contribution is 2.44. The van der Waals surface area contributed by atoms with Gasteiger partial charge < -0.3 is 11.1 Å². The Kier molecular flexibility index (Phi) is 3.46. The van der Waals surface area contributed by atoms with E-state index in [2.05, 4.69) is 45.0 Å². The third kappa shape index (κ3) is 3.21. The second-order valence-corrected chi connectivity index (χ2v) is 8.58. The summed E-state index contributed by atoms with van der Waals surface area (Å²) in [6, 6.07) is 0. The third-order valence-electron chi connectivity index (χ3n) is 4.14. The number of aromatic amines is 1. The molecule has 0 unspecified atom stereocenters. The Morgan fingerprint density at radius 3 is 2.57 bits per heavy atom. The minimum atomic E-state index is -0.455. The number of anilines is 1. The van der Waals surface area contributed by atoms with Gasteiger partial charge in [-0.3, -0.25) is 9.89 Å². The summed E-state index contributed by atoms with van der Waals surface area (Å²) in [5.41, 5.74) is 7.68. The monoisotopic (exact) mass is 317 g/mol. The van der Waals surface area contributed by atoms with Gasteiger partial charge in [0, 0.05) is 17.7 Å². The van der Waals surface area contributed by atoms with Crippen molar-refractivity contribution in [3.8, 4) is 0 Å². The molecule has 1 aliphatic carbocycles. The molecule has 126 valence electrons. The summed E-state index contributed by atoms with van der Waals surface area (Å²) in [5, 5.41) is 6.77. The summed E-state index contributed by atoms with van der Waals surface area (Å²) in [5.74, 6) is 0.991. The molecule has 1 amide bonds. The first-order valence-corrected chi connectivity index (χ1v) is 8.25. The average Bonchev–Trinajstić information content (AvgIpc) is 3.01. The van der Waals surface area contributed by atoms with Gasteiger partial charge in [-0.1, -0.05) is 20.8 Å². The smallest absolute Gasteiger partial charge is 0.254 e. The van der Waals surface area contributed by atoms with Crippen LogP contribution in [0.2, 0.25) is 0 Å². The molecule has 0 aromatic carbocycles. The fourth-order valence-corrected chi connectivity index (χ4v) is 3.57. The fraction of sp³-hybridized carbons (Fsp3) is 0.647. The maximum absolute atomic E-state index is 11.6. The van der Waals surface area contributed by atoms with Gasteiger partial charge in [-0.25, -0.2) is 9.50 Å². The Hall–Kier alpha value is -1.98. The molecule has 4 N–H and O–H groups in total. The summed E-state index contributed by atoms with van der Waals surface area (Å²) >= 11 is 0. The molecule has 0 aliphatic heterocycles. The summed E-state index contributed by atoms with van der Waals surface area (Å²) in [6.45, 7) is 11.1. The number of nitrogens with two attached hydrogens (primary N) is 1. The van der Waals surface area contributed by atoms with Crippen molar-refractivity contribution in [3.05, 3.63) is 17.5 Å². The number of imidazole rings is 1. The molecule has 6 nitrogen and oxygen atoms in total. The lowest BCUT2D eigenvalue weighted by Crippen LogP contribution is -2.36. The quantitative estimate of drug-likeness (QED) is 0.791. The van der Waals surface area contributed by atoms with Crippen molar-refractivity contribution in [1.29, 1.82) is 0 Å². The van der Waals surface area contributed by atoms with Crippen LogP contribution in [0.5, 0.6) is 0 Å². The number of carbonyl (C=O) groups is 1. The molecule has 2 aromatic rings. The molecular formula is C17H27N5O. The Labute approximate surface area is 136 Å². The van der Waals surface area contributed by atoms with Crippen LogP contribution in [-0.2, 0) is 0 Å². The van der Waals surface area contributed by atoms with E-state index in [-0.39, 0.29) is 11.0 Å². The van der Waals surface area contributed by atoms with E-state index in [1.165, 1.54) is 0 Å². The highest BCUT2D eigenvalue weighted by atomic mass is 16.1. The first-order chi connectivity index (χ1) is 10.6. The maximum Gasteiger partial charge on any atom is 0.254 e. The number of amides is 1. The van der Waals surface area contributed by atoms with E-state index in [1.807, 2.05) is 4.52 Å². The zero-order valence-electron chi connectivity index (χ0n) is 14.7. The van der Waals surface area contributed by atoms with Crippen molar-refractivity contribution < 1.29 is 4.79 Å². The minimum absolute atomic E-state index is 0.0875. The van der Waals surface area contributed by atoms with Gasteiger partial charge in [-0.05, 0) is 38.5 Å². The van der Waals surface area contributed by atoms with Crippen molar-refractivity contribution in [2.75, 3.05) is 5.32 Å². The van der Waals surface area contributed by atoms with E-state index in [0.29, 0.717) is 17.1 Å². The van der Waals surface area contributed by atoms with Crippen molar-refractivity contribution in [1.82, 2.24) is 14.6 Å². The van der Waals surface area contributed by atoms with E-state index in [1.54, 1.807) is 6.20 Å². The second kappa shape index (κ2) is 5.01. The van der Waals surface area contributed by atoms with E-state index in [4.69, 9.17) is 10.7 Å². The SMILES string of the molecule is CC(C)(C)CC(C)(C)Nc1c(C2CC2)nc2c(C(N)=O)c[nH]n12. The number of hydrogen-bond donors (Lipinski definition) is 3. The van der Waals surface area contributed by atoms with Crippen LogP contribution in [0, 0.1) is 5.41 Å². The molecule has 3 rings (SSSR count). The molecule has 2 heterocycles. The predicted molar refractivity (Wildman–Crippen MR) is 91.8 cm³/mol. The fourth-order valence-electron chi connectivity index (χ4n) is 3.57. The van der Waals surface area contributed by atoms with Gasteiger partial charge in [0.15, 0.2) is 5.65 Å². The first kappa shape index (κ1) is 15.9. The third-order valence-corrected chi connectivity index (χ3v) is 4.14. The van der Waals surface area contributed by atoms with E-state index >= 15 is 0 Å². The van der Waals surface area contributed by atoms with Gasteiger partial charge in [0.05, 0.1) is 5.69 Å². The molecule has 0 radical (unpaired) electrons. The molecule has 23 heavy (non-hydrogen) atoms. The van der Waals surface area contributed by atoms with Crippen LogP contribution in [0.25, 0.3) is 5.65 Å². The van der Waals surface area contributed by atoms with Crippen LogP contribution >= 0.6 is 0 Å². The lowest BCUT2D eigenvalue weighted by molar-refractivity contribution is 0.100. The van der Waals surface area contributed by atoms with E-state index in [9.17, 15) is 4.79 Å². The number of aromatic nitrogens is 3. The lowest BCUT2D eigenvalue weighted by atomic mass is 9.82. The second-order valence-electron chi connectivity index (χ2n) is 8.58. The van der Waals surface area contributed by atoms with Crippen LogP contribution in [-0.4, -0.2) is 26.0 Å². The summed E-state index contributed by atoms with van der Waals surface area (Å²) in [6.07, 6.45) is 4.95. The van der Waals surface area contributed by atoms with E-state index in [0.717, 1.165) is 30.8 Å². The number of rotatable bonds is 5. The highest BCUT2D eigenvalue weighted by molar-refractivity contribution is 5.99. The Balaban J connectivity index is 2.02. The molecule has 0 spiro atoms. The molecule has 0 bridgehead atoms. The molecule has 2 aromatic heterocycles. The number of primary amides is 1. The number of H-pyrrole nitrogens is 1. The minimum Gasteiger partial charge on any atom is -0.365 e. The van der Waals surface area contributed by atoms with Gasteiger partial charge in [0.1, 0.15) is 11.4 Å². The molecule has 1 fully saturated rings. The number of carbonyl (C=O) groups excluding carboxylic acids is 1. The zero-order chi connectivity index (χ0) is 17.0. The molecule has 1 aliphatic rings. The largest absolute Gasteiger partial charge is 0.365 e. The van der Waals surface area contributed by atoms with Crippen molar-refractivity contribution in [2.24, 2.45) is 11.1 Å². The number of hydrogen-bond acceptors (Lipinski definition) is 3. The lowest BCUT2D eigenvalue weighted by Gasteiger charge is -2.34. The topological polar surface area (TPSA) is 88.2 Å². The van der Waals surface area contributed by atoms with Crippen LogP contribution in [0.4, 0.5) is 5.82 Å². The Morgan fingerprint density at radius 2 is 2.04 bits per heavy atom. The van der Waals surface area contributed by atoms with E-state index < -0.39 is 5.91 Å². The maximum atomic E-state index is 11.6. The standard InChI is InChI=1S/C17H27N5O/c1-16(2,3)9-17(4,5)21-15-12(10-6-7-10)20-14-11(13(18)23)8-19-22(14)15/h8,10,19,21H,6-7,9H2,1-5H3,(H2,18,23). The van der Waals surface area contributed by atoms with Crippen molar-refractivity contribution in [3.63, 3.8) is 0 Å². The number of fused-ring (bicyclic) bond motifs is 1. The van der Waals surface area contributed by atoms with Crippen LogP contribution in [0.1, 0.15) is 75.9 Å². The van der Waals surface area contributed by atoms with Crippen molar-refractivity contribution >= 4 is 17.4 Å². The van der Waals surface area contributed by atoms with Gasteiger partial charge in [0.2, 0.25) is 0 Å². The van der Waals surface area contributed by atoms with Gasteiger partial charge in [-0.15, -0.1) is 0 Å². The van der Waals surface area contributed by atoms with Gasteiger partial charge >= 0.3 is 0 Å². The highest BCUT2D eigenvalue weighted by Gasteiger charge is 2.34. The molecule has 0 saturated heterocycles. The average molecular weight is 317 g/mol. The number of nitrogens with one attached hydrogen (secondary N) is 2. The molecule has 1 saturated carbocycles. The molecular weight excluding hydrogens is 290 g/mol. The molecule has 0 atom stereocenters. The Bertz CT molecular complexity index is 743. The normalized spacial score (nSPS) is 16.0. The summed E-state index contributed by atoms with van der Waals surface area (Å²) in [4.78, 5) is 16.3. The summed E-state index contributed by atoms with van der Waals surface area (Å²) in [7, 11) is 0. The zero-order valence-corrected chi connectivity index (χ0v) is 14.7. The number of nitrogens with zero attached hydrogens (tertiary/aromatic N) is 2. The van der Waals surface area contributed by atoms with Crippen LogP contribution in [0.15, 0.2) is 6.20 Å².